The highest BCUT2D eigenvalue weighted by molar-refractivity contribution is 7.99. The van der Waals surface area contributed by atoms with Gasteiger partial charge in [-0.2, -0.15) is 11.8 Å². The van der Waals surface area contributed by atoms with E-state index < -0.39 is 0 Å². The average Bonchev–Trinajstić information content (AvgIpc) is 2.19. The number of hydrogen-bond acceptors (Lipinski definition) is 3. The lowest BCUT2D eigenvalue weighted by atomic mass is 10.3. The Kier molecular flexibility index (Phi) is 2.96. The summed E-state index contributed by atoms with van der Waals surface area (Å²) >= 11 is 7.83. The zero-order chi connectivity index (χ0) is 9.10. The molecule has 1 fully saturated rings. The molecule has 1 aromatic rings. The van der Waals surface area contributed by atoms with Gasteiger partial charge in [0.1, 0.15) is 5.15 Å². The molecule has 0 aliphatic carbocycles. The number of aromatic nitrogens is 1. The normalized spacial score (nSPS) is 17.5. The second-order valence-corrected chi connectivity index (χ2v) is 4.55. The molecule has 0 spiro atoms. The molecule has 13 heavy (non-hydrogen) atoms. The van der Waals surface area contributed by atoms with Crippen LogP contribution in [0.15, 0.2) is 18.3 Å². The molecular weight excluding hydrogens is 204 g/mol. The summed E-state index contributed by atoms with van der Waals surface area (Å²) in [5.41, 5.74) is 1.19. The molecule has 1 aliphatic heterocycles. The van der Waals surface area contributed by atoms with Crippen molar-refractivity contribution in [3.63, 3.8) is 0 Å². The van der Waals surface area contributed by atoms with Gasteiger partial charge >= 0.3 is 0 Å². The minimum Gasteiger partial charge on any atom is -0.370 e. The van der Waals surface area contributed by atoms with Crippen molar-refractivity contribution in [2.75, 3.05) is 29.5 Å². The van der Waals surface area contributed by atoms with Crippen LogP contribution in [-0.4, -0.2) is 29.6 Å². The predicted octanol–water partition coefficient (Wildman–Crippen LogP) is 2.29. The molecule has 0 aromatic carbocycles. The van der Waals surface area contributed by atoms with Gasteiger partial charge in [0, 0.05) is 36.5 Å². The van der Waals surface area contributed by atoms with E-state index >= 15 is 0 Å². The van der Waals surface area contributed by atoms with Gasteiger partial charge in [-0.15, -0.1) is 0 Å². The van der Waals surface area contributed by atoms with E-state index in [4.69, 9.17) is 11.6 Å². The van der Waals surface area contributed by atoms with Crippen LogP contribution in [0.25, 0.3) is 0 Å². The first kappa shape index (κ1) is 9.16. The summed E-state index contributed by atoms with van der Waals surface area (Å²) in [5.74, 6) is 2.42. The molecule has 4 heteroatoms. The fourth-order valence-corrected chi connectivity index (χ4v) is 2.48. The monoisotopic (exact) mass is 214 g/mol. The standard InChI is InChI=1S/C9H11ClN2S/c10-9-7-8(1-2-11-9)12-3-5-13-6-4-12/h1-2,7H,3-6H2. The third kappa shape index (κ3) is 2.29. The molecule has 0 N–H and O–H groups in total. The molecule has 1 aliphatic rings. The van der Waals surface area contributed by atoms with E-state index in [0.717, 1.165) is 13.1 Å². The van der Waals surface area contributed by atoms with Crippen LogP contribution in [0.3, 0.4) is 0 Å². The van der Waals surface area contributed by atoms with Gasteiger partial charge in [-0.25, -0.2) is 4.98 Å². The smallest absolute Gasteiger partial charge is 0.131 e. The van der Waals surface area contributed by atoms with Gasteiger partial charge in [-0.05, 0) is 12.1 Å². The van der Waals surface area contributed by atoms with Gasteiger partial charge in [0.15, 0.2) is 0 Å². The minimum atomic E-state index is 0.579. The molecule has 2 nitrogen and oxygen atoms in total. The Hall–Kier alpha value is -0.410. The number of halogens is 1. The molecule has 0 bridgehead atoms. The molecule has 0 radical (unpaired) electrons. The molecule has 1 saturated heterocycles. The number of pyridine rings is 1. The molecule has 0 saturated carbocycles. The van der Waals surface area contributed by atoms with Crippen LogP contribution in [-0.2, 0) is 0 Å². The summed E-state index contributed by atoms with van der Waals surface area (Å²) in [6.45, 7) is 2.23. The first-order valence-corrected chi connectivity index (χ1v) is 5.84. The average molecular weight is 215 g/mol. The van der Waals surface area contributed by atoms with Gasteiger partial charge in [-0.1, -0.05) is 11.6 Å². The molecule has 2 rings (SSSR count). The van der Waals surface area contributed by atoms with Gasteiger partial charge in [-0.3, -0.25) is 0 Å². The van der Waals surface area contributed by atoms with Crippen LogP contribution in [0.5, 0.6) is 0 Å². The third-order valence-electron chi connectivity index (χ3n) is 2.09. The number of nitrogens with zero attached hydrogens (tertiary/aromatic N) is 2. The summed E-state index contributed by atoms with van der Waals surface area (Å²) in [4.78, 5) is 6.32. The highest BCUT2D eigenvalue weighted by atomic mass is 35.5. The lowest BCUT2D eigenvalue weighted by Gasteiger charge is -2.28. The Morgan fingerprint density at radius 1 is 1.38 bits per heavy atom. The zero-order valence-electron chi connectivity index (χ0n) is 7.24. The highest BCUT2D eigenvalue weighted by Gasteiger charge is 2.10. The van der Waals surface area contributed by atoms with E-state index in [0.29, 0.717) is 5.15 Å². The van der Waals surface area contributed by atoms with Crippen LogP contribution in [0.1, 0.15) is 0 Å². The highest BCUT2D eigenvalue weighted by Crippen LogP contribution is 2.20. The Morgan fingerprint density at radius 3 is 2.85 bits per heavy atom. The molecule has 2 heterocycles. The second kappa shape index (κ2) is 4.20. The lowest BCUT2D eigenvalue weighted by molar-refractivity contribution is 0.857. The van der Waals surface area contributed by atoms with Gasteiger partial charge in [0.25, 0.3) is 0 Å². The molecule has 70 valence electrons. The Balaban J connectivity index is 2.14. The van der Waals surface area contributed by atoms with Gasteiger partial charge in [0.05, 0.1) is 0 Å². The van der Waals surface area contributed by atoms with E-state index in [2.05, 4.69) is 9.88 Å². The zero-order valence-corrected chi connectivity index (χ0v) is 8.81. The van der Waals surface area contributed by atoms with Crippen LogP contribution >= 0.6 is 23.4 Å². The quantitative estimate of drug-likeness (QED) is 0.668. The molecular formula is C9H11ClN2S. The van der Waals surface area contributed by atoms with E-state index in [1.807, 2.05) is 23.9 Å². The summed E-state index contributed by atoms with van der Waals surface area (Å²) < 4.78 is 0. The van der Waals surface area contributed by atoms with Crippen LogP contribution in [0.4, 0.5) is 5.69 Å². The predicted molar refractivity (Wildman–Crippen MR) is 58.8 cm³/mol. The Morgan fingerprint density at radius 2 is 2.15 bits per heavy atom. The number of thioether (sulfide) groups is 1. The third-order valence-corrected chi connectivity index (χ3v) is 3.24. The first-order valence-electron chi connectivity index (χ1n) is 4.30. The van der Waals surface area contributed by atoms with Crippen molar-refractivity contribution >= 4 is 29.1 Å². The van der Waals surface area contributed by atoms with Gasteiger partial charge in [0.2, 0.25) is 0 Å². The molecule has 0 amide bonds. The van der Waals surface area contributed by atoms with Crippen LogP contribution in [0.2, 0.25) is 5.15 Å². The fourth-order valence-electron chi connectivity index (χ4n) is 1.41. The van der Waals surface area contributed by atoms with Crippen molar-refractivity contribution < 1.29 is 0 Å². The van der Waals surface area contributed by atoms with Crippen LogP contribution in [0, 0.1) is 0 Å². The SMILES string of the molecule is Clc1cc(N2CCSCC2)ccn1. The number of hydrogen-bond donors (Lipinski definition) is 0. The summed E-state index contributed by atoms with van der Waals surface area (Å²) in [6.07, 6.45) is 1.76. The maximum absolute atomic E-state index is 5.82. The molecule has 0 atom stereocenters. The number of anilines is 1. The summed E-state index contributed by atoms with van der Waals surface area (Å²) in [5, 5.41) is 0.579. The van der Waals surface area contributed by atoms with E-state index in [-0.39, 0.29) is 0 Å². The first-order chi connectivity index (χ1) is 6.36. The van der Waals surface area contributed by atoms with E-state index in [9.17, 15) is 0 Å². The van der Waals surface area contributed by atoms with Crippen LogP contribution < -0.4 is 4.90 Å². The van der Waals surface area contributed by atoms with Crippen molar-refractivity contribution in [3.8, 4) is 0 Å². The number of rotatable bonds is 1. The van der Waals surface area contributed by atoms with E-state index in [1.165, 1.54) is 17.2 Å². The lowest BCUT2D eigenvalue weighted by Crippen LogP contribution is -2.32. The maximum atomic E-state index is 5.82. The fraction of sp³-hybridized carbons (Fsp3) is 0.444. The summed E-state index contributed by atoms with van der Waals surface area (Å²) in [6, 6.07) is 3.94. The van der Waals surface area contributed by atoms with Crippen molar-refractivity contribution in [3.05, 3.63) is 23.5 Å². The topological polar surface area (TPSA) is 16.1 Å². The van der Waals surface area contributed by atoms with Crippen molar-refractivity contribution in [2.24, 2.45) is 0 Å². The van der Waals surface area contributed by atoms with E-state index in [1.54, 1.807) is 6.20 Å². The second-order valence-electron chi connectivity index (χ2n) is 2.94. The maximum Gasteiger partial charge on any atom is 0.131 e. The van der Waals surface area contributed by atoms with Crippen molar-refractivity contribution in [2.45, 2.75) is 0 Å². The Labute approximate surface area is 87.3 Å². The van der Waals surface area contributed by atoms with Crippen molar-refractivity contribution in [1.82, 2.24) is 4.98 Å². The molecule has 1 aromatic heterocycles. The summed E-state index contributed by atoms with van der Waals surface area (Å²) in [7, 11) is 0. The Bertz CT molecular complexity index is 287. The minimum absolute atomic E-state index is 0.579. The van der Waals surface area contributed by atoms with Gasteiger partial charge < -0.3 is 4.90 Å². The molecule has 0 unspecified atom stereocenters. The van der Waals surface area contributed by atoms with Crippen molar-refractivity contribution in [1.29, 1.82) is 0 Å². The largest absolute Gasteiger partial charge is 0.370 e.